The maximum absolute atomic E-state index is 11.4. The SMILES string of the molecule is N#Cc1c(C=O)ccc(C(=O)CCl)c1I. The minimum absolute atomic E-state index is 0.138. The molecule has 1 aromatic carbocycles. The van der Waals surface area contributed by atoms with Gasteiger partial charge < -0.3 is 0 Å². The lowest BCUT2D eigenvalue weighted by Gasteiger charge is -2.04. The summed E-state index contributed by atoms with van der Waals surface area (Å²) in [6.45, 7) is 0. The second-order valence-corrected chi connectivity index (χ2v) is 4.02. The first kappa shape index (κ1) is 12.1. The fraction of sp³-hybridized carbons (Fsp3) is 0.100. The Kier molecular flexibility index (Phi) is 4.24. The number of hydrogen-bond donors (Lipinski definition) is 0. The van der Waals surface area contributed by atoms with Crippen molar-refractivity contribution in [2.24, 2.45) is 0 Å². The van der Waals surface area contributed by atoms with E-state index in [1.807, 2.05) is 28.7 Å². The Labute approximate surface area is 105 Å². The second kappa shape index (κ2) is 5.24. The molecule has 0 saturated carbocycles. The van der Waals surface area contributed by atoms with E-state index in [1.54, 1.807) is 0 Å². The average Bonchev–Trinajstić information content (AvgIpc) is 2.27. The molecular formula is C10H5ClINO2. The minimum atomic E-state index is -0.255. The van der Waals surface area contributed by atoms with Gasteiger partial charge in [0, 0.05) is 14.7 Å². The summed E-state index contributed by atoms with van der Waals surface area (Å²) in [6, 6.07) is 4.86. The summed E-state index contributed by atoms with van der Waals surface area (Å²) in [7, 11) is 0. The van der Waals surface area contributed by atoms with E-state index < -0.39 is 0 Å². The first-order valence-electron chi connectivity index (χ1n) is 3.92. The zero-order valence-electron chi connectivity index (χ0n) is 7.46. The lowest BCUT2D eigenvalue weighted by atomic mass is 10.0. The molecule has 5 heteroatoms. The summed E-state index contributed by atoms with van der Waals surface area (Å²) in [4.78, 5) is 22.0. The van der Waals surface area contributed by atoms with Gasteiger partial charge in [0.2, 0.25) is 0 Å². The summed E-state index contributed by atoms with van der Waals surface area (Å²) < 4.78 is 0.477. The van der Waals surface area contributed by atoms with E-state index in [9.17, 15) is 9.59 Å². The summed E-state index contributed by atoms with van der Waals surface area (Å²) in [5, 5.41) is 8.85. The minimum Gasteiger partial charge on any atom is -0.298 e. The van der Waals surface area contributed by atoms with Crippen LogP contribution in [0.4, 0.5) is 0 Å². The van der Waals surface area contributed by atoms with Gasteiger partial charge in [-0.15, -0.1) is 11.6 Å². The van der Waals surface area contributed by atoms with Gasteiger partial charge >= 0.3 is 0 Å². The lowest BCUT2D eigenvalue weighted by molar-refractivity contribution is 0.101. The van der Waals surface area contributed by atoms with Gasteiger partial charge in [-0.1, -0.05) is 0 Å². The Bertz CT molecular complexity index is 465. The largest absolute Gasteiger partial charge is 0.298 e. The third kappa shape index (κ3) is 2.36. The summed E-state index contributed by atoms with van der Waals surface area (Å²) >= 11 is 7.29. The van der Waals surface area contributed by atoms with E-state index in [0.29, 0.717) is 15.4 Å². The third-order valence-corrected chi connectivity index (χ3v) is 3.20. The number of rotatable bonds is 3. The van der Waals surface area contributed by atoms with Crippen molar-refractivity contribution in [1.82, 2.24) is 0 Å². The molecule has 0 heterocycles. The molecule has 0 aliphatic carbocycles. The summed E-state index contributed by atoms with van der Waals surface area (Å²) in [5.41, 5.74) is 0.891. The van der Waals surface area contributed by atoms with E-state index in [2.05, 4.69) is 0 Å². The molecule has 15 heavy (non-hydrogen) atoms. The van der Waals surface area contributed by atoms with Crippen LogP contribution in [0.3, 0.4) is 0 Å². The van der Waals surface area contributed by atoms with Gasteiger partial charge in [-0.05, 0) is 34.7 Å². The van der Waals surface area contributed by atoms with Crippen molar-refractivity contribution >= 4 is 46.3 Å². The number of ketones is 1. The molecular weight excluding hydrogens is 328 g/mol. The molecule has 0 amide bonds. The second-order valence-electron chi connectivity index (χ2n) is 2.68. The predicted molar refractivity (Wildman–Crippen MR) is 64.3 cm³/mol. The zero-order chi connectivity index (χ0) is 11.4. The normalized spacial score (nSPS) is 9.40. The van der Waals surface area contributed by atoms with Crippen LogP contribution in [0.15, 0.2) is 12.1 Å². The number of carbonyl (C=O) groups is 2. The fourth-order valence-electron chi connectivity index (χ4n) is 1.09. The van der Waals surface area contributed by atoms with Crippen LogP contribution in [0.25, 0.3) is 0 Å². The highest BCUT2D eigenvalue weighted by molar-refractivity contribution is 14.1. The van der Waals surface area contributed by atoms with Crippen LogP contribution < -0.4 is 0 Å². The number of carbonyl (C=O) groups excluding carboxylic acids is 2. The Morgan fingerprint density at radius 1 is 1.60 bits per heavy atom. The van der Waals surface area contributed by atoms with Gasteiger partial charge in [-0.3, -0.25) is 9.59 Å². The number of alkyl halides is 1. The standard InChI is InChI=1S/C10H5ClINO2/c11-3-9(15)7-2-1-6(5-14)8(4-13)10(7)12/h1-2,5H,3H2. The van der Waals surface area contributed by atoms with Gasteiger partial charge in [0.1, 0.15) is 6.07 Å². The molecule has 0 aliphatic rings. The highest BCUT2D eigenvalue weighted by atomic mass is 127. The first-order valence-corrected chi connectivity index (χ1v) is 5.54. The molecule has 0 spiro atoms. The number of hydrogen-bond acceptors (Lipinski definition) is 3. The molecule has 0 aliphatic heterocycles. The Morgan fingerprint density at radius 2 is 2.27 bits per heavy atom. The highest BCUT2D eigenvalue weighted by Gasteiger charge is 2.15. The van der Waals surface area contributed by atoms with Gasteiger partial charge in [0.25, 0.3) is 0 Å². The number of nitrogens with zero attached hydrogens (tertiary/aromatic N) is 1. The van der Waals surface area contributed by atoms with Crippen LogP contribution in [0, 0.1) is 14.9 Å². The molecule has 0 N–H and O–H groups in total. The Balaban J connectivity index is 3.43. The van der Waals surface area contributed by atoms with Crippen LogP contribution in [0.1, 0.15) is 26.3 Å². The van der Waals surface area contributed by atoms with Crippen molar-refractivity contribution in [3.8, 4) is 6.07 Å². The number of halogens is 2. The van der Waals surface area contributed by atoms with Crippen LogP contribution >= 0.6 is 34.2 Å². The number of nitriles is 1. The topological polar surface area (TPSA) is 57.9 Å². The molecule has 0 atom stereocenters. The van der Waals surface area contributed by atoms with Crippen molar-refractivity contribution in [1.29, 1.82) is 5.26 Å². The monoisotopic (exact) mass is 333 g/mol. The van der Waals surface area contributed by atoms with Crippen molar-refractivity contribution in [2.45, 2.75) is 0 Å². The van der Waals surface area contributed by atoms with Crippen molar-refractivity contribution in [2.75, 3.05) is 5.88 Å². The lowest BCUT2D eigenvalue weighted by Crippen LogP contribution is -2.06. The first-order chi connectivity index (χ1) is 7.15. The van der Waals surface area contributed by atoms with Crippen LogP contribution in [0.5, 0.6) is 0 Å². The molecule has 76 valence electrons. The molecule has 3 nitrogen and oxygen atoms in total. The molecule has 0 bridgehead atoms. The average molecular weight is 334 g/mol. The van der Waals surface area contributed by atoms with Gasteiger partial charge in [0.15, 0.2) is 12.1 Å². The molecule has 0 aromatic heterocycles. The predicted octanol–water partition coefficient (Wildman–Crippen LogP) is 2.40. The van der Waals surface area contributed by atoms with Gasteiger partial charge in [-0.25, -0.2) is 0 Å². The van der Waals surface area contributed by atoms with Crippen molar-refractivity contribution in [3.05, 3.63) is 32.4 Å². The molecule has 0 unspecified atom stereocenters. The van der Waals surface area contributed by atoms with Gasteiger partial charge in [-0.2, -0.15) is 5.26 Å². The van der Waals surface area contributed by atoms with Crippen LogP contribution in [0.2, 0.25) is 0 Å². The van der Waals surface area contributed by atoms with E-state index >= 15 is 0 Å². The van der Waals surface area contributed by atoms with E-state index in [1.165, 1.54) is 12.1 Å². The van der Waals surface area contributed by atoms with E-state index in [-0.39, 0.29) is 22.8 Å². The third-order valence-electron chi connectivity index (χ3n) is 1.83. The Hall–Kier alpha value is -0.930. The van der Waals surface area contributed by atoms with Crippen molar-refractivity contribution in [3.63, 3.8) is 0 Å². The molecule has 0 fully saturated rings. The van der Waals surface area contributed by atoms with Crippen molar-refractivity contribution < 1.29 is 9.59 Å². The van der Waals surface area contributed by atoms with E-state index in [0.717, 1.165) is 0 Å². The Morgan fingerprint density at radius 3 is 2.73 bits per heavy atom. The quantitative estimate of drug-likeness (QED) is 0.369. The number of aldehydes is 1. The highest BCUT2D eigenvalue weighted by Crippen LogP contribution is 2.20. The fourth-order valence-corrected chi connectivity index (χ4v) is 2.15. The molecule has 1 rings (SSSR count). The van der Waals surface area contributed by atoms with E-state index in [4.69, 9.17) is 16.9 Å². The smallest absolute Gasteiger partial charge is 0.178 e. The van der Waals surface area contributed by atoms with Gasteiger partial charge in [0.05, 0.1) is 11.4 Å². The molecule has 0 saturated heterocycles. The number of Topliss-reactive ketones (excluding diaryl/α,β-unsaturated/α-hetero) is 1. The van der Waals surface area contributed by atoms with Crippen LogP contribution in [-0.2, 0) is 0 Å². The zero-order valence-corrected chi connectivity index (χ0v) is 10.4. The molecule has 0 radical (unpaired) electrons. The summed E-state index contributed by atoms with van der Waals surface area (Å²) in [6.07, 6.45) is 0.593. The maximum atomic E-state index is 11.4. The summed E-state index contributed by atoms with van der Waals surface area (Å²) in [5.74, 6) is -0.392. The molecule has 1 aromatic rings. The number of benzene rings is 1. The van der Waals surface area contributed by atoms with Crippen LogP contribution in [-0.4, -0.2) is 17.9 Å². The maximum Gasteiger partial charge on any atom is 0.178 e.